The van der Waals surface area contributed by atoms with Crippen molar-refractivity contribution in [3.8, 4) is 0 Å². The predicted octanol–water partition coefficient (Wildman–Crippen LogP) is 2.27. The van der Waals surface area contributed by atoms with Gasteiger partial charge in [-0.1, -0.05) is 27.2 Å². The Morgan fingerprint density at radius 1 is 1.22 bits per heavy atom. The topological polar surface area (TPSA) is 84.3 Å². The molecule has 0 amide bonds. The Morgan fingerprint density at radius 3 is 2.78 bits per heavy atom. The van der Waals surface area contributed by atoms with Crippen molar-refractivity contribution in [2.24, 2.45) is 0 Å². The summed E-state index contributed by atoms with van der Waals surface area (Å²) in [7, 11) is 0. The van der Waals surface area contributed by atoms with E-state index in [0.717, 1.165) is 36.3 Å². The van der Waals surface area contributed by atoms with Gasteiger partial charge in [0.2, 0.25) is 0 Å². The van der Waals surface area contributed by atoms with Crippen molar-refractivity contribution in [1.29, 1.82) is 0 Å². The maximum absolute atomic E-state index is 4.57. The molecule has 1 aliphatic rings. The molecule has 0 aliphatic carbocycles. The van der Waals surface area contributed by atoms with Gasteiger partial charge in [-0.05, 0) is 19.8 Å². The van der Waals surface area contributed by atoms with Gasteiger partial charge in [0.1, 0.15) is 17.5 Å². The number of H-pyrrole nitrogens is 1. The van der Waals surface area contributed by atoms with Crippen molar-refractivity contribution in [3.05, 3.63) is 23.3 Å². The smallest absolute Gasteiger partial charge is 0.156 e. The molecule has 3 rings (SSSR count). The van der Waals surface area contributed by atoms with Crippen LogP contribution < -0.4 is 5.32 Å². The average Bonchev–Trinajstić information content (AvgIpc) is 3.07. The lowest BCUT2D eigenvalue weighted by Gasteiger charge is -2.14. The van der Waals surface area contributed by atoms with Gasteiger partial charge in [0.05, 0.1) is 12.6 Å². The highest BCUT2D eigenvalue weighted by molar-refractivity contribution is 5.04. The van der Waals surface area contributed by atoms with E-state index >= 15 is 0 Å². The van der Waals surface area contributed by atoms with E-state index in [2.05, 4.69) is 63.0 Å². The zero-order chi connectivity index (χ0) is 16.4. The minimum Gasteiger partial charge on any atom is -0.314 e. The summed E-state index contributed by atoms with van der Waals surface area (Å²) in [4.78, 5) is 4.57. The van der Waals surface area contributed by atoms with Crippen molar-refractivity contribution < 1.29 is 0 Å². The molecular weight excluding hydrogens is 290 g/mol. The van der Waals surface area contributed by atoms with E-state index in [4.69, 9.17) is 0 Å². The first-order chi connectivity index (χ1) is 10.9. The van der Waals surface area contributed by atoms with Crippen LogP contribution in [0.25, 0.3) is 0 Å². The van der Waals surface area contributed by atoms with Crippen LogP contribution in [0.2, 0.25) is 0 Å². The molecule has 3 heterocycles. The summed E-state index contributed by atoms with van der Waals surface area (Å²) < 4.78 is 2.28. The zero-order valence-corrected chi connectivity index (χ0v) is 14.6. The summed E-state index contributed by atoms with van der Waals surface area (Å²) in [5.74, 6) is 3.86. The predicted molar refractivity (Wildman–Crippen MR) is 87.9 cm³/mol. The molecule has 7 nitrogen and oxygen atoms in total. The Morgan fingerprint density at radius 2 is 2.04 bits per heavy atom. The quantitative estimate of drug-likeness (QED) is 0.903. The Labute approximate surface area is 137 Å². The molecule has 0 saturated heterocycles. The van der Waals surface area contributed by atoms with E-state index in [-0.39, 0.29) is 11.5 Å². The number of hydrogen-bond acceptors (Lipinski definition) is 5. The standard InChI is InChI=1S/C16H27N7/c1-11(14-21-20-13-8-6-5-7-9-23(13)14)17-10-12-18-15(22-19-12)16(2,3)4/h11,17H,5-10H2,1-4H3,(H,18,19,22)/t11-/m1/s1. The molecule has 0 fully saturated rings. The fourth-order valence-corrected chi connectivity index (χ4v) is 2.88. The molecule has 0 unspecified atom stereocenters. The lowest BCUT2D eigenvalue weighted by molar-refractivity contribution is 0.494. The van der Waals surface area contributed by atoms with Crippen molar-refractivity contribution in [2.75, 3.05) is 0 Å². The van der Waals surface area contributed by atoms with Gasteiger partial charge in [-0.2, -0.15) is 5.10 Å². The summed E-state index contributed by atoms with van der Waals surface area (Å²) in [6, 6.07) is 0.137. The molecule has 2 N–H and O–H groups in total. The minimum absolute atomic E-state index is 0.0370. The molecule has 0 radical (unpaired) electrons. The number of nitrogens with one attached hydrogen (secondary N) is 2. The number of aromatic amines is 1. The summed E-state index contributed by atoms with van der Waals surface area (Å²) in [5.41, 5.74) is -0.0370. The van der Waals surface area contributed by atoms with Crippen LogP contribution in [-0.4, -0.2) is 29.9 Å². The van der Waals surface area contributed by atoms with Gasteiger partial charge < -0.3 is 9.88 Å². The van der Waals surface area contributed by atoms with E-state index in [0.29, 0.717) is 6.54 Å². The van der Waals surface area contributed by atoms with Crippen molar-refractivity contribution in [3.63, 3.8) is 0 Å². The first kappa shape index (κ1) is 16.1. The second kappa shape index (κ2) is 6.39. The molecule has 0 aromatic carbocycles. The van der Waals surface area contributed by atoms with Gasteiger partial charge in [0.25, 0.3) is 0 Å². The lowest BCUT2D eigenvalue weighted by atomic mass is 9.96. The largest absolute Gasteiger partial charge is 0.314 e. The van der Waals surface area contributed by atoms with Gasteiger partial charge in [-0.15, -0.1) is 10.2 Å². The molecule has 23 heavy (non-hydrogen) atoms. The summed E-state index contributed by atoms with van der Waals surface area (Å²) in [6.45, 7) is 10.1. The van der Waals surface area contributed by atoms with Crippen molar-refractivity contribution in [1.82, 2.24) is 35.3 Å². The molecule has 0 saturated carbocycles. The Kier molecular flexibility index (Phi) is 4.48. The van der Waals surface area contributed by atoms with Gasteiger partial charge in [0.15, 0.2) is 5.82 Å². The normalized spacial score (nSPS) is 16.9. The Balaban J connectivity index is 1.65. The van der Waals surface area contributed by atoms with Crippen molar-refractivity contribution in [2.45, 2.75) is 77.9 Å². The fourth-order valence-electron chi connectivity index (χ4n) is 2.88. The molecule has 0 spiro atoms. The van der Waals surface area contributed by atoms with E-state index in [9.17, 15) is 0 Å². The third kappa shape index (κ3) is 3.60. The minimum atomic E-state index is -0.0370. The number of fused-ring (bicyclic) bond motifs is 1. The molecule has 7 heteroatoms. The molecule has 0 bridgehead atoms. The van der Waals surface area contributed by atoms with Crippen molar-refractivity contribution >= 4 is 0 Å². The highest BCUT2D eigenvalue weighted by Gasteiger charge is 2.21. The number of rotatable bonds is 4. The van der Waals surface area contributed by atoms with Crippen LogP contribution in [0.4, 0.5) is 0 Å². The molecular formula is C16H27N7. The Bertz CT molecular complexity index is 650. The van der Waals surface area contributed by atoms with Crippen LogP contribution in [0.3, 0.4) is 0 Å². The van der Waals surface area contributed by atoms with E-state index in [1.54, 1.807) is 0 Å². The maximum Gasteiger partial charge on any atom is 0.156 e. The van der Waals surface area contributed by atoms with Crippen LogP contribution in [-0.2, 0) is 24.9 Å². The molecule has 1 atom stereocenters. The molecule has 2 aromatic heterocycles. The van der Waals surface area contributed by atoms with Gasteiger partial charge in [0, 0.05) is 18.4 Å². The first-order valence-electron chi connectivity index (χ1n) is 8.52. The summed E-state index contributed by atoms with van der Waals surface area (Å²) in [5, 5.41) is 19.6. The Hall–Kier alpha value is -1.76. The average molecular weight is 317 g/mol. The third-order valence-corrected chi connectivity index (χ3v) is 4.30. The number of hydrogen-bond donors (Lipinski definition) is 2. The van der Waals surface area contributed by atoms with E-state index in [1.165, 1.54) is 19.3 Å². The van der Waals surface area contributed by atoms with Crippen LogP contribution in [0, 0.1) is 0 Å². The van der Waals surface area contributed by atoms with Crippen LogP contribution in [0.5, 0.6) is 0 Å². The molecule has 1 aliphatic heterocycles. The number of nitrogens with zero attached hydrogens (tertiary/aromatic N) is 5. The SMILES string of the molecule is C[C@@H](NCc1nc(C(C)(C)C)n[nH]1)c1nnc2n1CCCCC2. The number of aromatic nitrogens is 6. The highest BCUT2D eigenvalue weighted by atomic mass is 15.3. The maximum atomic E-state index is 4.57. The van der Waals surface area contributed by atoms with E-state index < -0.39 is 0 Å². The van der Waals surface area contributed by atoms with Crippen LogP contribution in [0.1, 0.15) is 76.3 Å². The highest BCUT2D eigenvalue weighted by Crippen LogP contribution is 2.19. The van der Waals surface area contributed by atoms with Crippen LogP contribution in [0.15, 0.2) is 0 Å². The summed E-state index contributed by atoms with van der Waals surface area (Å²) >= 11 is 0. The third-order valence-electron chi connectivity index (χ3n) is 4.30. The van der Waals surface area contributed by atoms with Crippen LogP contribution >= 0.6 is 0 Å². The number of aryl methyl sites for hydroxylation is 1. The van der Waals surface area contributed by atoms with Gasteiger partial charge in [-0.3, -0.25) is 5.10 Å². The molecule has 2 aromatic rings. The first-order valence-corrected chi connectivity index (χ1v) is 8.52. The van der Waals surface area contributed by atoms with E-state index in [1.807, 2.05) is 0 Å². The fraction of sp³-hybridized carbons (Fsp3) is 0.750. The monoisotopic (exact) mass is 317 g/mol. The zero-order valence-electron chi connectivity index (χ0n) is 14.6. The second-order valence-corrected chi connectivity index (χ2v) is 7.40. The lowest BCUT2D eigenvalue weighted by Crippen LogP contribution is -2.23. The summed E-state index contributed by atoms with van der Waals surface area (Å²) in [6.07, 6.45) is 4.74. The molecule has 126 valence electrons. The van der Waals surface area contributed by atoms with Gasteiger partial charge in [-0.25, -0.2) is 4.98 Å². The van der Waals surface area contributed by atoms with Gasteiger partial charge >= 0.3 is 0 Å². The second-order valence-electron chi connectivity index (χ2n) is 7.40.